The summed E-state index contributed by atoms with van der Waals surface area (Å²) >= 11 is 0. The van der Waals surface area contributed by atoms with Crippen LogP contribution in [0.1, 0.15) is 0 Å². The second-order valence-electron chi connectivity index (χ2n) is 3.77. The molecule has 2 N–H and O–H groups in total. The summed E-state index contributed by atoms with van der Waals surface area (Å²) in [6.45, 7) is -0.457. The molecule has 0 radical (unpaired) electrons. The lowest BCUT2D eigenvalue weighted by Crippen LogP contribution is -2.38. The van der Waals surface area contributed by atoms with Crippen molar-refractivity contribution in [3.8, 4) is 11.5 Å². The van der Waals surface area contributed by atoms with Crippen molar-refractivity contribution in [2.24, 2.45) is 5.73 Å². The number of rotatable bonds is 6. The minimum Gasteiger partial charge on any atom is -0.497 e. The molecule has 1 amide bonds. The Morgan fingerprint density at radius 1 is 1.32 bits per heavy atom. The van der Waals surface area contributed by atoms with Gasteiger partial charge in [-0.25, -0.2) is 8.42 Å². The van der Waals surface area contributed by atoms with E-state index in [9.17, 15) is 13.2 Å². The Bertz CT molecular complexity index is 570. The van der Waals surface area contributed by atoms with Crippen molar-refractivity contribution >= 4 is 21.6 Å². The number of carbonyl (C=O) groups excluding carboxylic acids is 1. The zero-order chi connectivity index (χ0) is 14.6. The molecule has 0 saturated heterocycles. The van der Waals surface area contributed by atoms with E-state index in [1.165, 1.54) is 26.4 Å². The van der Waals surface area contributed by atoms with E-state index in [0.29, 0.717) is 5.75 Å². The summed E-state index contributed by atoms with van der Waals surface area (Å²) < 4.78 is 34.5. The molecule has 0 heterocycles. The van der Waals surface area contributed by atoms with E-state index in [1.54, 1.807) is 6.07 Å². The lowest BCUT2D eigenvalue weighted by Gasteiger charge is -2.23. The zero-order valence-corrected chi connectivity index (χ0v) is 11.7. The number of methoxy groups -OCH3 is 2. The maximum Gasteiger partial charge on any atom is 0.238 e. The van der Waals surface area contributed by atoms with Gasteiger partial charge < -0.3 is 15.2 Å². The van der Waals surface area contributed by atoms with Gasteiger partial charge in [0.1, 0.15) is 18.0 Å². The van der Waals surface area contributed by atoms with E-state index in [-0.39, 0.29) is 11.4 Å². The third kappa shape index (κ3) is 3.75. The van der Waals surface area contributed by atoms with Crippen LogP contribution in [0.5, 0.6) is 11.5 Å². The molecule has 0 aliphatic rings. The second kappa shape index (κ2) is 5.79. The van der Waals surface area contributed by atoms with Gasteiger partial charge in [-0.3, -0.25) is 9.10 Å². The van der Waals surface area contributed by atoms with Gasteiger partial charge >= 0.3 is 0 Å². The quantitative estimate of drug-likeness (QED) is 0.791. The topological polar surface area (TPSA) is 98.9 Å². The van der Waals surface area contributed by atoms with Crippen LogP contribution in [-0.4, -0.2) is 41.3 Å². The first-order valence-electron chi connectivity index (χ1n) is 5.27. The average molecular weight is 288 g/mol. The van der Waals surface area contributed by atoms with Gasteiger partial charge in [0, 0.05) is 6.07 Å². The maximum atomic E-state index is 11.7. The monoisotopic (exact) mass is 288 g/mol. The average Bonchev–Trinajstić information content (AvgIpc) is 2.33. The van der Waals surface area contributed by atoms with E-state index in [0.717, 1.165) is 10.6 Å². The molecule has 0 fully saturated rings. The van der Waals surface area contributed by atoms with Gasteiger partial charge in [0.2, 0.25) is 15.9 Å². The van der Waals surface area contributed by atoms with Gasteiger partial charge in [0.25, 0.3) is 0 Å². The Hall–Kier alpha value is -1.96. The highest BCUT2D eigenvalue weighted by Crippen LogP contribution is 2.33. The number of sulfonamides is 1. The number of benzene rings is 1. The van der Waals surface area contributed by atoms with Gasteiger partial charge in [-0.05, 0) is 12.1 Å². The van der Waals surface area contributed by atoms with Crippen LogP contribution in [-0.2, 0) is 14.8 Å². The van der Waals surface area contributed by atoms with Crippen molar-refractivity contribution < 1.29 is 22.7 Å². The fourth-order valence-corrected chi connectivity index (χ4v) is 2.38. The Labute approximate surface area is 112 Å². The number of primary amides is 1. The summed E-state index contributed by atoms with van der Waals surface area (Å²) in [5.41, 5.74) is 5.29. The fourth-order valence-electron chi connectivity index (χ4n) is 1.51. The van der Waals surface area contributed by atoms with Crippen LogP contribution in [0.4, 0.5) is 5.69 Å². The number of amides is 1. The first kappa shape index (κ1) is 15.1. The largest absolute Gasteiger partial charge is 0.497 e. The summed E-state index contributed by atoms with van der Waals surface area (Å²) in [7, 11) is -0.783. The molecule has 1 aromatic rings. The summed E-state index contributed by atoms with van der Waals surface area (Å²) in [4.78, 5) is 11.0. The number of anilines is 1. The van der Waals surface area contributed by atoms with Gasteiger partial charge in [-0.1, -0.05) is 0 Å². The van der Waals surface area contributed by atoms with E-state index in [2.05, 4.69) is 0 Å². The third-order valence-electron chi connectivity index (χ3n) is 2.36. The Morgan fingerprint density at radius 3 is 2.37 bits per heavy atom. The highest BCUT2D eigenvalue weighted by molar-refractivity contribution is 7.92. The van der Waals surface area contributed by atoms with Crippen LogP contribution >= 0.6 is 0 Å². The summed E-state index contributed by atoms with van der Waals surface area (Å²) in [6, 6.07) is 4.58. The van der Waals surface area contributed by atoms with Crippen molar-refractivity contribution in [3.05, 3.63) is 18.2 Å². The minimum atomic E-state index is -3.65. The minimum absolute atomic E-state index is 0.226. The molecule has 19 heavy (non-hydrogen) atoms. The second-order valence-corrected chi connectivity index (χ2v) is 5.68. The lowest BCUT2D eigenvalue weighted by molar-refractivity contribution is -0.116. The number of hydrogen-bond donors (Lipinski definition) is 1. The highest BCUT2D eigenvalue weighted by Gasteiger charge is 2.23. The Morgan fingerprint density at radius 2 is 1.95 bits per heavy atom. The summed E-state index contributed by atoms with van der Waals surface area (Å²) in [5, 5.41) is 0. The number of nitrogens with two attached hydrogens (primary N) is 1. The number of carbonyl (C=O) groups is 1. The van der Waals surface area contributed by atoms with Crippen LogP contribution in [0.3, 0.4) is 0 Å². The van der Waals surface area contributed by atoms with Crippen molar-refractivity contribution in [1.82, 2.24) is 0 Å². The third-order valence-corrected chi connectivity index (χ3v) is 3.48. The van der Waals surface area contributed by atoms with E-state index in [1.807, 2.05) is 0 Å². The van der Waals surface area contributed by atoms with Crippen molar-refractivity contribution in [3.63, 3.8) is 0 Å². The van der Waals surface area contributed by atoms with Crippen LogP contribution in [0.2, 0.25) is 0 Å². The smallest absolute Gasteiger partial charge is 0.238 e. The fraction of sp³-hybridized carbons (Fsp3) is 0.364. The first-order chi connectivity index (χ1) is 8.79. The molecule has 0 aromatic heterocycles. The molecule has 106 valence electrons. The summed E-state index contributed by atoms with van der Waals surface area (Å²) in [6.07, 6.45) is 0.986. The molecule has 1 rings (SSSR count). The maximum absolute atomic E-state index is 11.7. The highest BCUT2D eigenvalue weighted by atomic mass is 32.2. The number of ether oxygens (including phenoxy) is 2. The van der Waals surface area contributed by atoms with E-state index < -0.39 is 22.5 Å². The van der Waals surface area contributed by atoms with E-state index in [4.69, 9.17) is 15.2 Å². The standard InChI is InChI=1S/C11H16N2O5S/c1-17-8-4-5-9(10(6-8)18-2)13(7-11(12)14)19(3,15)16/h4-6H,7H2,1-3H3,(H2,12,14). The predicted octanol–water partition coefficient (Wildman–Crippen LogP) is -0.0449. The lowest BCUT2D eigenvalue weighted by atomic mass is 10.2. The molecule has 0 atom stereocenters. The molecular weight excluding hydrogens is 272 g/mol. The molecule has 7 nitrogen and oxygen atoms in total. The number of hydrogen-bond acceptors (Lipinski definition) is 5. The van der Waals surface area contributed by atoms with Crippen LogP contribution in [0, 0.1) is 0 Å². The van der Waals surface area contributed by atoms with Gasteiger partial charge in [-0.15, -0.1) is 0 Å². The van der Waals surface area contributed by atoms with Gasteiger partial charge in [0.15, 0.2) is 0 Å². The van der Waals surface area contributed by atoms with Crippen molar-refractivity contribution in [2.75, 3.05) is 31.3 Å². The first-order valence-corrected chi connectivity index (χ1v) is 7.12. The molecule has 0 aliphatic heterocycles. The molecule has 0 bridgehead atoms. The van der Waals surface area contributed by atoms with Crippen molar-refractivity contribution in [2.45, 2.75) is 0 Å². The predicted molar refractivity (Wildman–Crippen MR) is 70.9 cm³/mol. The SMILES string of the molecule is COc1ccc(N(CC(N)=O)S(C)(=O)=O)c(OC)c1. The molecule has 0 aliphatic carbocycles. The van der Waals surface area contributed by atoms with Crippen molar-refractivity contribution in [1.29, 1.82) is 0 Å². The molecule has 0 saturated carbocycles. The molecule has 8 heteroatoms. The van der Waals surface area contributed by atoms with Crippen LogP contribution < -0.4 is 19.5 Å². The zero-order valence-electron chi connectivity index (χ0n) is 10.9. The number of nitrogens with zero attached hydrogens (tertiary/aromatic N) is 1. The normalized spacial score (nSPS) is 10.9. The molecule has 0 spiro atoms. The Balaban J connectivity index is 3.33. The van der Waals surface area contributed by atoms with Gasteiger partial charge in [-0.2, -0.15) is 0 Å². The van der Waals surface area contributed by atoms with Gasteiger partial charge in [0.05, 0.1) is 26.2 Å². The molecular formula is C11H16N2O5S. The molecule has 1 aromatic carbocycles. The van der Waals surface area contributed by atoms with Crippen LogP contribution in [0.15, 0.2) is 18.2 Å². The molecule has 0 unspecified atom stereocenters. The van der Waals surface area contributed by atoms with Crippen LogP contribution in [0.25, 0.3) is 0 Å². The van der Waals surface area contributed by atoms with E-state index >= 15 is 0 Å². The summed E-state index contributed by atoms with van der Waals surface area (Å²) in [5.74, 6) is 0.0162. The Kier molecular flexibility index (Phi) is 4.60.